The molecule has 2 aromatic heterocycles. The zero-order valence-electron chi connectivity index (χ0n) is 18.1. The number of rotatable bonds is 5. The molecule has 4 heterocycles. The van der Waals surface area contributed by atoms with Crippen molar-refractivity contribution in [2.24, 2.45) is 0 Å². The topological polar surface area (TPSA) is 68.7 Å². The van der Waals surface area contributed by atoms with Crippen LogP contribution in [-0.4, -0.2) is 67.5 Å². The van der Waals surface area contributed by atoms with E-state index >= 15 is 0 Å². The van der Waals surface area contributed by atoms with E-state index in [1.807, 2.05) is 6.07 Å². The van der Waals surface area contributed by atoms with E-state index in [-0.39, 0.29) is 0 Å². The van der Waals surface area contributed by atoms with Crippen LogP contribution in [0.25, 0.3) is 11.0 Å². The Bertz CT molecular complexity index is 900. The van der Waals surface area contributed by atoms with Gasteiger partial charge in [0.15, 0.2) is 5.75 Å². The smallest absolute Gasteiger partial charge is 0.257 e. The lowest BCUT2D eigenvalue weighted by Gasteiger charge is -2.36. The van der Waals surface area contributed by atoms with Crippen molar-refractivity contribution in [3.8, 4) is 11.6 Å². The lowest BCUT2D eigenvalue weighted by atomic mass is 9.93. The number of fused-ring (bicyclic) bond motifs is 2. The van der Waals surface area contributed by atoms with Crippen LogP contribution < -0.4 is 14.8 Å². The first-order chi connectivity index (χ1) is 14.8. The Morgan fingerprint density at radius 2 is 1.90 bits per heavy atom. The summed E-state index contributed by atoms with van der Waals surface area (Å²) in [5.41, 5.74) is 5.51. The molecule has 0 aromatic carbocycles. The van der Waals surface area contributed by atoms with E-state index in [9.17, 15) is 0 Å². The number of anilines is 1. The minimum atomic E-state index is 0.454. The van der Waals surface area contributed by atoms with Crippen molar-refractivity contribution in [1.29, 1.82) is 0 Å². The van der Waals surface area contributed by atoms with Crippen LogP contribution in [0.4, 0.5) is 5.69 Å². The highest BCUT2D eigenvalue weighted by Gasteiger charge is 2.29. The van der Waals surface area contributed by atoms with Gasteiger partial charge in [-0.05, 0) is 50.5 Å². The second kappa shape index (κ2) is 8.55. The van der Waals surface area contributed by atoms with Crippen LogP contribution in [0.5, 0.6) is 11.6 Å². The quantitative estimate of drug-likeness (QED) is 0.809. The summed E-state index contributed by atoms with van der Waals surface area (Å²) < 4.78 is 16.6. The zero-order chi connectivity index (χ0) is 20.5. The number of pyridine rings is 2. The summed E-state index contributed by atoms with van der Waals surface area (Å²) >= 11 is 0. The Kier molecular flexibility index (Phi) is 5.65. The fourth-order valence-electron chi connectivity index (χ4n) is 5.18. The Hall–Kier alpha value is -2.12. The molecule has 1 N–H and O–H groups in total. The average molecular weight is 413 g/mol. The molecule has 0 bridgehead atoms. The molecule has 7 nitrogen and oxygen atoms in total. The third kappa shape index (κ3) is 3.69. The maximum atomic E-state index is 5.59. The molecule has 2 saturated heterocycles. The lowest BCUT2D eigenvalue weighted by Crippen LogP contribution is -2.45. The molecule has 0 amide bonds. The van der Waals surface area contributed by atoms with Crippen molar-refractivity contribution in [2.75, 3.05) is 45.8 Å². The van der Waals surface area contributed by atoms with E-state index in [4.69, 9.17) is 24.2 Å². The molecule has 162 valence electrons. The first-order valence-corrected chi connectivity index (χ1v) is 11.3. The number of nitrogens with zero attached hydrogens (tertiary/aromatic N) is 3. The predicted molar refractivity (Wildman–Crippen MR) is 117 cm³/mol. The van der Waals surface area contributed by atoms with Gasteiger partial charge in [0.05, 0.1) is 32.0 Å². The second-order valence-corrected chi connectivity index (χ2v) is 8.66. The monoisotopic (exact) mass is 412 g/mol. The highest BCUT2D eigenvalue weighted by molar-refractivity contribution is 5.91. The molecule has 5 rings (SSSR count). The molecule has 0 saturated carbocycles. The fourth-order valence-corrected chi connectivity index (χ4v) is 5.18. The summed E-state index contributed by atoms with van der Waals surface area (Å²) in [6.45, 7) is 4.06. The van der Waals surface area contributed by atoms with Gasteiger partial charge in [0.1, 0.15) is 5.52 Å². The predicted octanol–water partition coefficient (Wildman–Crippen LogP) is 3.19. The lowest BCUT2D eigenvalue weighted by molar-refractivity contribution is 0.124. The third-order valence-corrected chi connectivity index (χ3v) is 6.88. The molecule has 2 fully saturated rings. The number of nitrogens with one attached hydrogen (secondary N) is 1. The molecule has 0 radical (unpaired) electrons. The van der Waals surface area contributed by atoms with Gasteiger partial charge in [-0.2, -0.15) is 0 Å². The number of ether oxygens (including phenoxy) is 3. The molecule has 0 spiro atoms. The van der Waals surface area contributed by atoms with E-state index in [0.717, 1.165) is 63.0 Å². The summed E-state index contributed by atoms with van der Waals surface area (Å²) in [5.74, 6) is 1.15. The molecule has 2 aromatic rings. The number of hydrogen-bond acceptors (Lipinski definition) is 7. The third-order valence-electron chi connectivity index (χ3n) is 6.88. The van der Waals surface area contributed by atoms with Gasteiger partial charge in [0.2, 0.25) is 0 Å². The number of hydrogen-bond donors (Lipinski definition) is 1. The molecule has 1 atom stereocenters. The molecule has 1 aliphatic carbocycles. The molecule has 3 aliphatic rings. The Morgan fingerprint density at radius 3 is 2.63 bits per heavy atom. The van der Waals surface area contributed by atoms with Crippen molar-refractivity contribution < 1.29 is 14.2 Å². The van der Waals surface area contributed by atoms with E-state index in [1.165, 1.54) is 36.2 Å². The SMILES string of the molecule is COc1cc2nc3c(c(NC4CCN(C5CCOC5)CC4)c2nc1OC)CCCC3. The minimum absolute atomic E-state index is 0.454. The second-order valence-electron chi connectivity index (χ2n) is 8.66. The van der Waals surface area contributed by atoms with Gasteiger partial charge in [-0.15, -0.1) is 0 Å². The summed E-state index contributed by atoms with van der Waals surface area (Å²) in [6, 6.07) is 3.03. The molecule has 7 heteroatoms. The van der Waals surface area contributed by atoms with Crippen LogP contribution in [0.15, 0.2) is 6.07 Å². The molecule has 2 aliphatic heterocycles. The van der Waals surface area contributed by atoms with Crippen LogP contribution in [0.2, 0.25) is 0 Å². The zero-order valence-corrected chi connectivity index (χ0v) is 18.1. The van der Waals surface area contributed by atoms with Crippen LogP contribution in [0.1, 0.15) is 43.4 Å². The van der Waals surface area contributed by atoms with Gasteiger partial charge < -0.3 is 19.5 Å². The highest BCUT2D eigenvalue weighted by Crippen LogP contribution is 2.37. The van der Waals surface area contributed by atoms with Gasteiger partial charge in [-0.25, -0.2) is 4.98 Å². The van der Waals surface area contributed by atoms with Gasteiger partial charge >= 0.3 is 0 Å². The van der Waals surface area contributed by atoms with Crippen molar-refractivity contribution in [2.45, 2.75) is 57.0 Å². The standard InChI is InChI=1S/C23H32N4O3/c1-28-20-13-19-22(26-23(20)29-2)21(17-5-3-4-6-18(17)25-19)24-15-7-10-27(11-8-15)16-9-12-30-14-16/h13,15-16H,3-12,14H2,1-2H3,(H,24,25). The number of methoxy groups -OCH3 is 2. The van der Waals surface area contributed by atoms with Crippen molar-refractivity contribution in [3.63, 3.8) is 0 Å². The van der Waals surface area contributed by atoms with Gasteiger partial charge in [0, 0.05) is 43.5 Å². The maximum Gasteiger partial charge on any atom is 0.257 e. The van der Waals surface area contributed by atoms with Gasteiger partial charge in [-0.1, -0.05) is 0 Å². The maximum absolute atomic E-state index is 5.59. The summed E-state index contributed by atoms with van der Waals surface area (Å²) in [6.07, 6.45) is 7.97. The van der Waals surface area contributed by atoms with E-state index in [0.29, 0.717) is 23.7 Å². The Labute approximate surface area is 178 Å². The normalized spacial score (nSPS) is 22.8. The highest BCUT2D eigenvalue weighted by atomic mass is 16.5. The van der Waals surface area contributed by atoms with Crippen molar-refractivity contribution >= 4 is 16.7 Å². The molecule has 30 heavy (non-hydrogen) atoms. The number of likely N-dealkylation sites (tertiary alicyclic amines) is 1. The van der Waals surface area contributed by atoms with Crippen LogP contribution in [0.3, 0.4) is 0 Å². The van der Waals surface area contributed by atoms with E-state index in [2.05, 4.69) is 10.2 Å². The van der Waals surface area contributed by atoms with Crippen LogP contribution >= 0.6 is 0 Å². The first-order valence-electron chi connectivity index (χ1n) is 11.3. The fraction of sp³-hybridized carbons (Fsp3) is 0.652. The van der Waals surface area contributed by atoms with Gasteiger partial charge in [-0.3, -0.25) is 9.88 Å². The summed E-state index contributed by atoms with van der Waals surface area (Å²) in [7, 11) is 3.28. The van der Waals surface area contributed by atoms with Crippen LogP contribution in [0, 0.1) is 0 Å². The molecular formula is C23H32N4O3. The molecule has 1 unspecified atom stereocenters. The summed E-state index contributed by atoms with van der Waals surface area (Å²) in [4.78, 5) is 12.4. The Balaban J connectivity index is 1.45. The van der Waals surface area contributed by atoms with Crippen LogP contribution in [-0.2, 0) is 17.6 Å². The Morgan fingerprint density at radius 1 is 1.07 bits per heavy atom. The van der Waals surface area contributed by atoms with Gasteiger partial charge in [0.25, 0.3) is 5.88 Å². The van der Waals surface area contributed by atoms with Crippen molar-refractivity contribution in [3.05, 3.63) is 17.3 Å². The first kappa shape index (κ1) is 19.8. The average Bonchev–Trinajstić information content (AvgIpc) is 3.33. The van der Waals surface area contributed by atoms with Crippen molar-refractivity contribution in [1.82, 2.24) is 14.9 Å². The minimum Gasteiger partial charge on any atom is -0.491 e. The molecular weight excluding hydrogens is 380 g/mol. The van der Waals surface area contributed by atoms with E-state index in [1.54, 1.807) is 14.2 Å². The number of piperidine rings is 1. The number of aryl methyl sites for hydroxylation is 1. The largest absolute Gasteiger partial charge is 0.491 e. The van der Waals surface area contributed by atoms with E-state index < -0.39 is 0 Å². The number of aromatic nitrogens is 2. The summed E-state index contributed by atoms with van der Waals surface area (Å²) in [5, 5.41) is 3.90.